The van der Waals surface area contributed by atoms with E-state index in [1.165, 1.54) is 51.5 Å². The molecule has 2 nitrogen and oxygen atoms in total. The number of hydrogen-bond donors (Lipinski definition) is 1. The number of nitrogens with two attached hydrogens (primary N) is 1. The molecule has 0 bridgehead atoms. The van der Waals surface area contributed by atoms with E-state index < -0.39 is 0 Å². The predicted molar refractivity (Wildman–Crippen MR) is 55.7 cm³/mol. The Morgan fingerprint density at radius 2 is 1.85 bits per heavy atom. The molecule has 1 aliphatic heterocycles. The van der Waals surface area contributed by atoms with Gasteiger partial charge in [-0.2, -0.15) is 0 Å². The van der Waals surface area contributed by atoms with Crippen LogP contribution in [0.3, 0.4) is 0 Å². The van der Waals surface area contributed by atoms with E-state index in [1.54, 1.807) is 0 Å². The quantitative estimate of drug-likeness (QED) is 0.720. The summed E-state index contributed by atoms with van der Waals surface area (Å²) < 4.78 is 0. The third kappa shape index (κ3) is 2.05. The molecule has 0 aromatic rings. The molecule has 2 N–H and O–H groups in total. The Morgan fingerprint density at radius 1 is 1.08 bits per heavy atom. The lowest BCUT2D eigenvalue weighted by Crippen LogP contribution is -2.38. The van der Waals surface area contributed by atoms with Gasteiger partial charge in [0.1, 0.15) is 0 Å². The van der Waals surface area contributed by atoms with E-state index >= 15 is 0 Å². The second-order valence-electron chi connectivity index (χ2n) is 4.55. The molecule has 1 saturated heterocycles. The van der Waals surface area contributed by atoms with Gasteiger partial charge in [-0.05, 0) is 45.2 Å². The van der Waals surface area contributed by atoms with Crippen LogP contribution in [0.2, 0.25) is 0 Å². The second-order valence-corrected chi connectivity index (χ2v) is 4.55. The van der Waals surface area contributed by atoms with Crippen LogP contribution >= 0.6 is 0 Å². The van der Waals surface area contributed by atoms with Gasteiger partial charge >= 0.3 is 0 Å². The maximum absolute atomic E-state index is 5.64. The zero-order valence-electron chi connectivity index (χ0n) is 8.54. The molecule has 0 aromatic heterocycles. The Kier molecular flexibility index (Phi) is 3.23. The fourth-order valence-electron chi connectivity index (χ4n) is 3.08. The van der Waals surface area contributed by atoms with Gasteiger partial charge in [0.05, 0.1) is 0 Å². The summed E-state index contributed by atoms with van der Waals surface area (Å²) in [6.45, 7) is 2.21. The Bertz CT molecular complexity index is 152. The van der Waals surface area contributed by atoms with Crippen molar-refractivity contribution in [1.82, 2.24) is 4.90 Å². The lowest BCUT2D eigenvalue weighted by atomic mass is 10.1. The van der Waals surface area contributed by atoms with Crippen LogP contribution in [0.15, 0.2) is 0 Å². The first kappa shape index (κ1) is 9.47. The zero-order valence-corrected chi connectivity index (χ0v) is 8.54. The highest BCUT2D eigenvalue weighted by Crippen LogP contribution is 2.30. The van der Waals surface area contributed by atoms with E-state index in [4.69, 9.17) is 5.73 Å². The van der Waals surface area contributed by atoms with E-state index in [1.807, 2.05) is 0 Å². The molecule has 1 atom stereocenters. The lowest BCUT2D eigenvalue weighted by molar-refractivity contribution is 0.176. The molecule has 1 aliphatic carbocycles. The van der Waals surface area contributed by atoms with Gasteiger partial charge in [0.15, 0.2) is 0 Å². The summed E-state index contributed by atoms with van der Waals surface area (Å²) in [5.41, 5.74) is 5.64. The first-order valence-electron chi connectivity index (χ1n) is 5.87. The molecule has 0 radical (unpaired) electrons. The third-order valence-electron chi connectivity index (χ3n) is 3.72. The van der Waals surface area contributed by atoms with Crippen LogP contribution in [-0.4, -0.2) is 30.1 Å². The van der Waals surface area contributed by atoms with Gasteiger partial charge in [-0.1, -0.05) is 12.8 Å². The predicted octanol–water partition coefficient (Wildman–Crippen LogP) is 1.74. The van der Waals surface area contributed by atoms with Crippen LogP contribution in [0.4, 0.5) is 0 Å². The molecule has 76 valence electrons. The summed E-state index contributed by atoms with van der Waals surface area (Å²) in [6, 6.07) is 1.74. The Hall–Kier alpha value is -0.0800. The normalized spacial score (nSPS) is 31.6. The molecule has 2 heteroatoms. The molecule has 13 heavy (non-hydrogen) atoms. The number of nitrogens with zero attached hydrogens (tertiary/aromatic N) is 1. The first-order chi connectivity index (χ1) is 6.42. The molecule has 1 heterocycles. The summed E-state index contributed by atoms with van der Waals surface area (Å²) >= 11 is 0. The molecule has 0 aromatic carbocycles. The van der Waals surface area contributed by atoms with Crippen LogP contribution in [-0.2, 0) is 0 Å². The van der Waals surface area contributed by atoms with Crippen molar-refractivity contribution in [2.24, 2.45) is 5.73 Å². The van der Waals surface area contributed by atoms with Crippen molar-refractivity contribution in [1.29, 1.82) is 0 Å². The largest absolute Gasteiger partial charge is 0.330 e. The van der Waals surface area contributed by atoms with Crippen LogP contribution in [0, 0.1) is 0 Å². The van der Waals surface area contributed by atoms with Crippen molar-refractivity contribution < 1.29 is 0 Å². The first-order valence-corrected chi connectivity index (χ1v) is 5.87. The minimum absolute atomic E-state index is 0.827. The molecule has 0 spiro atoms. The average molecular weight is 182 g/mol. The van der Waals surface area contributed by atoms with E-state index in [0.29, 0.717) is 0 Å². The monoisotopic (exact) mass is 182 g/mol. The minimum atomic E-state index is 0.827. The fraction of sp³-hybridized carbons (Fsp3) is 1.00. The van der Waals surface area contributed by atoms with Gasteiger partial charge in [-0.3, -0.25) is 4.90 Å². The van der Waals surface area contributed by atoms with Crippen molar-refractivity contribution >= 4 is 0 Å². The molecular formula is C11H22N2. The molecule has 0 amide bonds. The van der Waals surface area contributed by atoms with Crippen molar-refractivity contribution in [3.63, 3.8) is 0 Å². The molecule has 2 aliphatic rings. The SMILES string of the molecule is NCCC1CCCN1C1CCCC1. The standard InChI is InChI=1S/C11H22N2/c12-8-7-11-6-3-9-13(11)10-4-1-2-5-10/h10-11H,1-9,12H2. The Morgan fingerprint density at radius 3 is 2.54 bits per heavy atom. The summed E-state index contributed by atoms with van der Waals surface area (Å²) in [7, 11) is 0. The highest BCUT2D eigenvalue weighted by atomic mass is 15.2. The summed E-state index contributed by atoms with van der Waals surface area (Å²) in [6.07, 6.45) is 9.82. The van der Waals surface area contributed by atoms with Crippen LogP contribution in [0.1, 0.15) is 44.9 Å². The Labute approximate surface area is 81.5 Å². The number of hydrogen-bond acceptors (Lipinski definition) is 2. The van der Waals surface area contributed by atoms with Crippen LogP contribution in [0.5, 0.6) is 0 Å². The van der Waals surface area contributed by atoms with Gasteiger partial charge in [-0.25, -0.2) is 0 Å². The van der Waals surface area contributed by atoms with E-state index in [0.717, 1.165) is 18.6 Å². The summed E-state index contributed by atoms with van der Waals surface area (Å²) in [5.74, 6) is 0. The van der Waals surface area contributed by atoms with Crippen molar-refractivity contribution in [2.45, 2.75) is 57.0 Å². The Balaban J connectivity index is 1.88. The maximum atomic E-state index is 5.64. The van der Waals surface area contributed by atoms with E-state index in [9.17, 15) is 0 Å². The summed E-state index contributed by atoms with van der Waals surface area (Å²) in [4.78, 5) is 2.75. The smallest absolute Gasteiger partial charge is 0.0111 e. The molecular weight excluding hydrogens is 160 g/mol. The van der Waals surface area contributed by atoms with Gasteiger partial charge in [0.25, 0.3) is 0 Å². The van der Waals surface area contributed by atoms with Gasteiger partial charge < -0.3 is 5.73 Å². The molecule has 2 fully saturated rings. The molecule has 1 saturated carbocycles. The highest BCUT2D eigenvalue weighted by molar-refractivity contribution is 4.87. The molecule has 1 unspecified atom stereocenters. The minimum Gasteiger partial charge on any atom is -0.330 e. The zero-order chi connectivity index (χ0) is 9.10. The van der Waals surface area contributed by atoms with Gasteiger partial charge in [0, 0.05) is 12.1 Å². The maximum Gasteiger partial charge on any atom is 0.0111 e. The topological polar surface area (TPSA) is 29.3 Å². The number of rotatable bonds is 3. The van der Waals surface area contributed by atoms with E-state index in [-0.39, 0.29) is 0 Å². The lowest BCUT2D eigenvalue weighted by Gasteiger charge is -2.30. The molecule has 2 rings (SSSR count). The van der Waals surface area contributed by atoms with E-state index in [2.05, 4.69) is 4.90 Å². The van der Waals surface area contributed by atoms with Crippen LogP contribution < -0.4 is 5.73 Å². The van der Waals surface area contributed by atoms with Gasteiger partial charge in [0.2, 0.25) is 0 Å². The number of likely N-dealkylation sites (tertiary alicyclic amines) is 1. The highest BCUT2D eigenvalue weighted by Gasteiger charge is 2.31. The van der Waals surface area contributed by atoms with Crippen molar-refractivity contribution in [3.05, 3.63) is 0 Å². The van der Waals surface area contributed by atoms with Gasteiger partial charge in [-0.15, -0.1) is 0 Å². The second kappa shape index (κ2) is 4.43. The van der Waals surface area contributed by atoms with Crippen molar-refractivity contribution in [3.8, 4) is 0 Å². The third-order valence-corrected chi connectivity index (χ3v) is 3.72. The van der Waals surface area contributed by atoms with Crippen LogP contribution in [0.25, 0.3) is 0 Å². The summed E-state index contributed by atoms with van der Waals surface area (Å²) in [5, 5.41) is 0. The average Bonchev–Trinajstić information content (AvgIpc) is 2.71. The van der Waals surface area contributed by atoms with Crippen molar-refractivity contribution in [2.75, 3.05) is 13.1 Å². The fourth-order valence-corrected chi connectivity index (χ4v) is 3.08.